The van der Waals surface area contributed by atoms with E-state index >= 15 is 0 Å². The molecular formula is C13H16FNO4. The largest absolute Gasteiger partial charge is 0.508 e. The number of phenolic OH excluding ortho intramolecular Hbond substituents is 1. The molecule has 0 aromatic heterocycles. The molecule has 1 amide bonds. The predicted molar refractivity (Wildman–Crippen MR) is 66.4 cm³/mol. The summed E-state index contributed by atoms with van der Waals surface area (Å²) in [5, 5.41) is 20.3. The first-order valence-electron chi connectivity index (χ1n) is 5.83. The molecule has 1 rings (SSSR count). The van der Waals surface area contributed by atoms with Crippen LogP contribution in [0.4, 0.5) is 4.39 Å². The van der Waals surface area contributed by atoms with Crippen LogP contribution in [0.3, 0.4) is 0 Å². The number of benzene rings is 1. The van der Waals surface area contributed by atoms with Crippen LogP contribution >= 0.6 is 0 Å². The summed E-state index contributed by atoms with van der Waals surface area (Å²) >= 11 is 0. The number of carbonyl (C=O) groups is 2. The summed E-state index contributed by atoms with van der Waals surface area (Å²) in [5.41, 5.74) is -0.298. The zero-order valence-electron chi connectivity index (χ0n) is 10.7. The minimum absolute atomic E-state index is 0.0751. The van der Waals surface area contributed by atoms with E-state index in [4.69, 9.17) is 10.2 Å². The van der Waals surface area contributed by atoms with E-state index in [0.717, 1.165) is 18.2 Å². The lowest BCUT2D eigenvalue weighted by molar-refractivity contribution is -0.139. The molecule has 1 aromatic carbocycles. The Bertz CT molecular complexity index is 488. The summed E-state index contributed by atoms with van der Waals surface area (Å²) < 4.78 is 13.4. The molecule has 0 spiro atoms. The van der Waals surface area contributed by atoms with E-state index in [1.165, 1.54) is 0 Å². The number of rotatable bonds is 5. The zero-order valence-corrected chi connectivity index (χ0v) is 10.7. The molecule has 0 saturated carbocycles. The van der Waals surface area contributed by atoms with E-state index < -0.39 is 23.7 Å². The quantitative estimate of drug-likeness (QED) is 0.760. The number of aromatic hydroxyl groups is 1. The highest BCUT2D eigenvalue weighted by Gasteiger charge is 2.23. The van der Waals surface area contributed by atoms with E-state index in [9.17, 15) is 14.0 Å². The lowest BCUT2D eigenvalue weighted by Crippen LogP contribution is -2.41. The molecule has 0 radical (unpaired) electrons. The number of aliphatic carboxylic acids is 1. The average molecular weight is 269 g/mol. The number of nitrogens with one attached hydrogen (secondary N) is 1. The summed E-state index contributed by atoms with van der Waals surface area (Å²) in [5.74, 6) is -3.10. The van der Waals surface area contributed by atoms with E-state index in [-0.39, 0.29) is 23.7 Å². The summed E-state index contributed by atoms with van der Waals surface area (Å²) in [7, 11) is 0. The van der Waals surface area contributed by atoms with Crippen LogP contribution in [0.2, 0.25) is 0 Å². The van der Waals surface area contributed by atoms with Crippen molar-refractivity contribution in [2.24, 2.45) is 5.92 Å². The summed E-state index contributed by atoms with van der Waals surface area (Å²) in [6, 6.07) is 2.00. The highest BCUT2D eigenvalue weighted by atomic mass is 19.1. The van der Waals surface area contributed by atoms with Gasteiger partial charge < -0.3 is 15.5 Å². The van der Waals surface area contributed by atoms with Gasteiger partial charge in [0.15, 0.2) is 0 Å². The molecule has 0 fully saturated rings. The molecule has 0 aliphatic heterocycles. The van der Waals surface area contributed by atoms with Gasteiger partial charge >= 0.3 is 5.97 Å². The summed E-state index contributed by atoms with van der Waals surface area (Å²) in [6.07, 6.45) is 0.251. The lowest BCUT2D eigenvalue weighted by atomic mass is 10.0. The number of carboxylic acids is 1. The Kier molecular flexibility index (Phi) is 4.86. The molecule has 0 saturated heterocycles. The van der Waals surface area contributed by atoms with Gasteiger partial charge in [-0.1, -0.05) is 13.8 Å². The van der Waals surface area contributed by atoms with Crippen molar-refractivity contribution < 1.29 is 24.2 Å². The fourth-order valence-corrected chi connectivity index (χ4v) is 1.62. The van der Waals surface area contributed by atoms with E-state index in [0.29, 0.717) is 0 Å². The van der Waals surface area contributed by atoms with Crippen LogP contribution in [0.25, 0.3) is 0 Å². The minimum Gasteiger partial charge on any atom is -0.508 e. The highest BCUT2D eigenvalue weighted by Crippen LogP contribution is 2.15. The van der Waals surface area contributed by atoms with E-state index in [1.807, 2.05) is 13.8 Å². The molecule has 0 aliphatic carbocycles. The average Bonchev–Trinajstić information content (AvgIpc) is 2.26. The van der Waals surface area contributed by atoms with Crippen molar-refractivity contribution in [2.75, 3.05) is 0 Å². The second-order valence-corrected chi connectivity index (χ2v) is 4.66. The molecular weight excluding hydrogens is 253 g/mol. The Morgan fingerprint density at radius 3 is 2.47 bits per heavy atom. The van der Waals surface area contributed by atoms with Crippen molar-refractivity contribution in [3.8, 4) is 5.75 Å². The Morgan fingerprint density at radius 1 is 1.37 bits per heavy atom. The van der Waals surface area contributed by atoms with E-state index in [1.54, 1.807) is 0 Å². The molecule has 0 aliphatic rings. The standard InChI is InChI=1S/C13H16FNO4/c1-7(2)5-11(13(18)19)15-12(17)9-4-3-8(16)6-10(9)14/h3-4,6-7,11,16H,5H2,1-2H3,(H,15,17)(H,18,19)/t11-/m1/s1. The van der Waals surface area contributed by atoms with Crippen LogP contribution in [0, 0.1) is 11.7 Å². The topological polar surface area (TPSA) is 86.6 Å². The number of halogens is 1. The van der Waals surface area contributed by atoms with E-state index in [2.05, 4.69) is 5.32 Å². The first-order chi connectivity index (χ1) is 8.81. The maximum atomic E-state index is 13.4. The van der Waals surface area contributed by atoms with Crippen molar-refractivity contribution >= 4 is 11.9 Å². The molecule has 19 heavy (non-hydrogen) atoms. The highest BCUT2D eigenvalue weighted by molar-refractivity contribution is 5.96. The predicted octanol–water partition coefficient (Wildman–Crippen LogP) is 1.76. The van der Waals surface area contributed by atoms with Crippen molar-refractivity contribution in [3.63, 3.8) is 0 Å². The fourth-order valence-electron chi connectivity index (χ4n) is 1.62. The van der Waals surface area contributed by atoms with Gasteiger partial charge in [-0.05, 0) is 24.5 Å². The van der Waals surface area contributed by atoms with Crippen LogP contribution in [0.1, 0.15) is 30.6 Å². The minimum atomic E-state index is -1.17. The summed E-state index contributed by atoms with van der Waals surface area (Å²) in [6.45, 7) is 3.65. The number of carbonyl (C=O) groups excluding carboxylic acids is 1. The molecule has 1 atom stereocenters. The third kappa shape index (κ3) is 4.24. The SMILES string of the molecule is CC(C)C[C@@H](NC(=O)c1ccc(O)cc1F)C(=O)O. The molecule has 0 heterocycles. The van der Waals surface area contributed by atoms with Gasteiger partial charge in [0, 0.05) is 6.07 Å². The monoisotopic (exact) mass is 269 g/mol. The normalized spacial score (nSPS) is 12.2. The molecule has 3 N–H and O–H groups in total. The first-order valence-corrected chi connectivity index (χ1v) is 5.83. The number of amides is 1. The number of carboxylic acid groups (broad SMARTS) is 1. The smallest absolute Gasteiger partial charge is 0.326 e. The first kappa shape index (κ1) is 14.9. The molecule has 1 aromatic rings. The lowest BCUT2D eigenvalue weighted by Gasteiger charge is -2.16. The Labute approximate surface area is 110 Å². The second-order valence-electron chi connectivity index (χ2n) is 4.66. The Balaban J connectivity index is 2.84. The number of hydrogen-bond acceptors (Lipinski definition) is 3. The van der Waals surface area contributed by atoms with Crippen LogP contribution in [0.15, 0.2) is 18.2 Å². The maximum Gasteiger partial charge on any atom is 0.326 e. The Hall–Kier alpha value is -2.11. The van der Waals surface area contributed by atoms with Crippen molar-refractivity contribution in [3.05, 3.63) is 29.6 Å². The zero-order chi connectivity index (χ0) is 14.6. The number of phenols is 1. The molecule has 0 unspecified atom stereocenters. The molecule has 5 nitrogen and oxygen atoms in total. The van der Waals surface area contributed by atoms with Crippen molar-refractivity contribution in [1.29, 1.82) is 0 Å². The van der Waals surface area contributed by atoms with Crippen LogP contribution in [-0.4, -0.2) is 28.1 Å². The van der Waals surface area contributed by atoms with Crippen LogP contribution < -0.4 is 5.32 Å². The molecule has 0 bridgehead atoms. The van der Waals surface area contributed by atoms with Gasteiger partial charge in [0.2, 0.25) is 0 Å². The van der Waals surface area contributed by atoms with Crippen molar-refractivity contribution in [1.82, 2.24) is 5.32 Å². The van der Waals surface area contributed by atoms with Gasteiger partial charge in [-0.15, -0.1) is 0 Å². The summed E-state index contributed by atoms with van der Waals surface area (Å²) in [4.78, 5) is 22.8. The second kappa shape index (κ2) is 6.17. The van der Waals surface area contributed by atoms with Gasteiger partial charge in [-0.3, -0.25) is 4.79 Å². The van der Waals surface area contributed by atoms with Gasteiger partial charge in [0.25, 0.3) is 5.91 Å². The van der Waals surface area contributed by atoms with Gasteiger partial charge in [-0.25, -0.2) is 9.18 Å². The van der Waals surface area contributed by atoms with Gasteiger partial charge in [0.1, 0.15) is 17.6 Å². The van der Waals surface area contributed by atoms with Crippen molar-refractivity contribution in [2.45, 2.75) is 26.3 Å². The molecule has 6 heteroatoms. The maximum absolute atomic E-state index is 13.4. The van der Waals surface area contributed by atoms with Gasteiger partial charge in [-0.2, -0.15) is 0 Å². The van der Waals surface area contributed by atoms with Gasteiger partial charge in [0.05, 0.1) is 5.56 Å². The Morgan fingerprint density at radius 2 is 2.00 bits per heavy atom. The molecule has 104 valence electrons. The third-order valence-corrected chi connectivity index (χ3v) is 2.51. The fraction of sp³-hybridized carbons (Fsp3) is 0.385. The number of hydrogen-bond donors (Lipinski definition) is 3. The third-order valence-electron chi connectivity index (χ3n) is 2.51. The van der Waals surface area contributed by atoms with Crippen LogP contribution in [0.5, 0.6) is 5.75 Å². The van der Waals surface area contributed by atoms with Crippen LogP contribution in [-0.2, 0) is 4.79 Å².